The number of rotatable bonds is 4. The molecule has 9 heteroatoms. The molecular formula is C26H36N2O7. The van der Waals surface area contributed by atoms with Crippen LogP contribution in [-0.4, -0.2) is 58.6 Å². The van der Waals surface area contributed by atoms with Crippen LogP contribution in [0.25, 0.3) is 0 Å². The van der Waals surface area contributed by atoms with Crippen molar-refractivity contribution < 1.29 is 34.2 Å². The van der Waals surface area contributed by atoms with Gasteiger partial charge in [0.2, 0.25) is 0 Å². The van der Waals surface area contributed by atoms with E-state index in [0.717, 1.165) is 63.7 Å². The lowest BCUT2D eigenvalue weighted by atomic mass is 9.45. The molecule has 5 fully saturated rings. The standard InChI is InChI=1S/C22H32N2O3.C4H4O4/c1-21-7-5-13(24-27-14-11-23-12-14)9-18(21)19(25)10-15-16-3-4-20(26)22(16,2)8-6-17(15)21;5-3(6)1-2-4(7)8/h14-18,23H,3-12H2,1-2H3;1-2H,(H,5,6)(H,7,8)/b;2-1+/t15-,16-,17-,18?,21+,22-;/m0./s1. The van der Waals surface area contributed by atoms with Crippen LogP contribution in [-0.2, 0) is 24.0 Å². The van der Waals surface area contributed by atoms with Crippen molar-refractivity contribution in [2.45, 2.75) is 71.3 Å². The van der Waals surface area contributed by atoms with Gasteiger partial charge < -0.3 is 20.4 Å². The molecule has 1 saturated heterocycles. The van der Waals surface area contributed by atoms with Crippen molar-refractivity contribution >= 4 is 29.2 Å². The molecule has 0 amide bonds. The maximum atomic E-state index is 13.2. The van der Waals surface area contributed by atoms with Gasteiger partial charge >= 0.3 is 11.9 Å². The van der Waals surface area contributed by atoms with Gasteiger partial charge in [-0.05, 0) is 61.7 Å². The van der Waals surface area contributed by atoms with Crippen molar-refractivity contribution in [1.29, 1.82) is 0 Å². The minimum absolute atomic E-state index is 0.0734. The highest BCUT2D eigenvalue weighted by atomic mass is 16.6. The minimum atomic E-state index is -1.26. The minimum Gasteiger partial charge on any atom is -0.478 e. The van der Waals surface area contributed by atoms with Gasteiger partial charge in [0, 0.05) is 49.4 Å². The second-order valence-corrected chi connectivity index (χ2v) is 11.3. The Morgan fingerprint density at radius 2 is 1.69 bits per heavy atom. The van der Waals surface area contributed by atoms with Gasteiger partial charge in [0.25, 0.3) is 0 Å². The van der Waals surface area contributed by atoms with Crippen molar-refractivity contribution in [3.63, 3.8) is 0 Å². The fourth-order valence-corrected chi connectivity index (χ4v) is 7.33. The van der Waals surface area contributed by atoms with E-state index in [1.165, 1.54) is 0 Å². The summed E-state index contributed by atoms with van der Waals surface area (Å²) < 4.78 is 0. The first kappa shape index (κ1) is 25.5. The molecule has 1 heterocycles. The average Bonchev–Trinajstić information content (AvgIpc) is 3.07. The Labute approximate surface area is 205 Å². The molecule has 1 unspecified atom stereocenters. The molecular weight excluding hydrogens is 452 g/mol. The SMILES string of the molecule is C[C@]12CCC(=NOC3CNC3)CC1C(=O)C[C@@H]1[C@@H]2CC[C@]2(C)C(=O)CC[C@@H]12.O=C(O)/C=C/C(=O)O. The summed E-state index contributed by atoms with van der Waals surface area (Å²) in [6, 6.07) is 0. The largest absolute Gasteiger partial charge is 0.478 e. The molecule has 4 aliphatic carbocycles. The van der Waals surface area contributed by atoms with E-state index in [-0.39, 0.29) is 22.9 Å². The summed E-state index contributed by atoms with van der Waals surface area (Å²) in [6.07, 6.45) is 8.62. The van der Waals surface area contributed by atoms with E-state index >= 15 is 0 Å². The summed E-state index contributed by atoms with van der Waals surface area (Å²) in [5.74, 6) is -0.126. The molecule has 0 aromatic heterocycles. The highest BCUT2D eigenvalue weighted by Gasteiger charge is 2.62. The van der Waals surface area contributed by atoms with Gasteiger partial charge in [-0.2, -0.15) is 0 Å². The summed E-state index contributed by atoms with van der Waals surface area (Å²) in [7, 11) is 0. The van der Waals surface area contributed by atoms with E-state index in [0.29, 0.717) is 47.9 Å². The van der Waals surface area contributed by atoms with Gasteiger partial charge in [0.15, 0.2) is 6.10 Å². The topological polar surface area (TPSA) is 142 Å². The van der Waals surface area contributed by atoms with Crippen molar-refractivity contribution in [3.05, 3.63) is 12.2 Å². The number of fused-ring (bicyclic) bond motifs is 5. The lowest BCUT2D eigenvalue weighted by Crippen LogP contribution is -2.56. The zero-order valence-electron chi connectivity index (χ0n) is 20.5. The first-order valence-electron chi connectivity index (χ1n) is 12.7. The second-order valence-electron chi connectivity index (χ2n) is 11.3. The maximum Gasteiger partial charge on any atom is 0.328 e. The van der Waals surface area contributed by atoms with Crippen LogP contribution in [0.4, 0.5) is 0 Å². The van der Waals surface area contributed by atoms with Crippen LogP contribution in [0.5, 0.6) is 0 Å². The molecule has 35 heavy (non-hydrogen) atoms. The third-order valence-corrected chi connectivity index (χ3v) is 9.45. The number of carbonyl (C=O) groups is 4. The number of carboxylic acids is 2. The Hall–Kier alpha value is -2.55. The van der Waals surface area contributed by atoms with Crippen LogP contribution in [0.1, 0.15) is 65.2 Å². The first-order chi connectivity index (χ1) is 16.5. The van der Waals surface area contributed by atoms with Gasteiger partial charge in [-0.1, -0.05) is 19.0 Å². The van der Waals surface area contributed by atoms with E-state index in [1.54, 1.807) is 0 Å². The Morgan fingerprint density at radius 1 is 1.00 bits per heavy atom. The van der Waals surface area contributed by atoms with E-state index in [1.807, 2.05) is 0 Å². The van der Waals surface area contributed by atoms with Gasteiger partial charge in [0.1, 0.15) is 11.6 Å². The van der Waals surface area contributed by atoms with Crippen LogP contribution >= 0.6 is 0 Å². The Morgan fingerprint density at radius 3 is 2.29 bits per heavy atom. The fraction of sp³-hybridized carbons (Fsp3) is 0.731. The van der Waals surface area contributed by atoms with Crippen molar-refractivity contribution in [3.8, 4) is 0 Å². The van der Waals surface area contributed by atoms with Crippen LogP contribution in [0, 0.1) is 34.5 Å². The molecule has 1 aliphatic heterocycles. The molecule has 5 rings (SSSR count). The zero-order valence-corrected chi connectivity index (χ0v) is 20.5. The Balaban J connectivity index is 0.000000314. The fourth-order valence-electron chi connectivity index (χ4n) is 7.33. The predicted octanol–water partition coefficient (Wildman–Crippen LogP) is 2.83. The maximum absolute atomic E-state index is 13.2. The summed E-state index contributed by atoms with van der Waals surface area (Å²) >= 11 is 0. The van der Waals surface area contributed by atoms with E-state index in [4.69, 9.17) is 15.1 Å². The summed E-state index contributed by atoms with van der Waals surface area (Å²) in [5.41, 5.74) is 0.994. The van der Waals surface area contributed by atoms with Crippen molar-refractivity contribution in [2.24, 2.45) is 39.7 Å². The van der Waals surface area contributed by atoms with Crippen LogP contribution < -0.4 is 5.32 Å². The smallest absolute Gasteiger partial charge is 0.328 e. The number of carbonyl (C=O) groups excluding carboxylic acids is 2. The van der Waals surface area contributed by atoms with Gasteiger partial charge in [-0.15, -0.1) is 0 Å². The average molecular weight is 489 g/mol. The van der Waals surface area contributed by atoms with Gasteiger partial charge in [-0.25, -0.2) is 9.59 Å². The number of nitrogens with one attached hydrogen (secondary N) is 1. The Bertz CT molecular complexity index is 939. The lowest BCUT2D eigenvalue weighted by molar-refractivity contribution is -0.152. The number of hydrogen-bond donors (Lipinski definition) is 3. The van der Waals surface area contributed by atoms with E-state index in [9.17, 15) is 19.2 Å². The van der Waals surface area contributed by atoms with Gasteiger partial charge in [-0.3, -0.25) is 9.59 Å². The third kappa shape index (κ3) is 4.92. The highest BCUT2D eigenvalue weighted by molar-refractivity contribution is 5.93. The highest BCUT2D eigenvalue weighted by Crippen LogP contribution is 2.64. The Kier molecular flexibility index (Phi) is 7.18. The van der Waals surface area contributed by atoms with Crippen LogP contribution in [0.3, 0.4) is 0 Å². The van der Waals surface area contributed by atoms with Crippen molar-refractivity contribution in [1.82, 2.24) is 5.32 Å². The third-order valence-electron chi connectivity index (χ3n) is 9.45. The number of carboxylic acid groups (broad SMARTS) is 2. The number of Topliss-reactive ketones (excluding diaryl/α,β-unsaturated/α-hetero) is 2. The molecule has 6 atom stereocenters. The summed E-state index contributed by atoms with van der Waals surface area (Å²) in [4.78, 5) is 50.5. The normalized spacial score (nSPS) is 39.7. The predicted molar refractivity (Wildman–Crippen MR) is 127 cm³/mol. The van der Waals surface area contributed by atoms with Gasteiger partial charge in [0.05, 0.1) is 5.71 Å². The number of nitrogens with zero attached hydrogens (tertiary/aromatic N) is 1. The van der Waals surface area contributed by atoms with Crippen LogP contribution in [0.15, 0.2) is 17.3 Å². The van der Waals surface area contributed by atoms with E-state index in [2.05, 4.69) is 24.3 Å². The number of hydrogen-bond acceptors (Lipinski definition) is 7. The monoisotopic (exact) mass is 488 g/mol. The summed E-state index contributed by atoms with van der Waals surface area (Å²) in [6.45, 7) is 6.29. The molecule has 0 spiro atoms. The molecule has 0 aromatic carbocycles. The molecule has 0 bridgehead atoms. The first-order valence-corrected chi connectivity index (χ1v) is 12.7. The summed E-state index contributed by atoms with van der Waals surface area (Å²) in [5, 5.41) is 23.2. The lowest BCUT2D eigenvalue weighted by Gasteiger charge is -2.58. The molecule has 4 saturated carbocycles. The number of ketones is 2. The molecule has 9 nitrogen and oxygen atoms in total. The van der Waals surface area contributed by atoms with E-state index < -0.39 is 11.9 Å². The second kappa shape index (κ2) is 9.84. The number of oxime groups is 1. The molecule has 3 N–H and O–H groups in total. The van der Waals surface area contributed by atoms with Crippen LogP contribution in [0.2, 0.25) is 0 Å². The molecule has 192 valence electrons. The zero-order chi connectivity index (χ0) is 25.4. The molecule has 0 aromatic rings. The number of aliphatic carboxylic acids is 2. The molecule has 5 aliphatic rings. The van der Waals surface area contributed by atoms with Crippen molar-refractivity contribution in [2.75, 3.05) is 13.1 Å². The quantitative estimate of drug-likeness (QED) is 0.405. The molecule has 0 radical (unpaired) electrons.